The number of halogens is 3. The summed E-state index contributed by atoms with van der Waals surface area (Å²) in [5.74, 6) is 1.22. The quantitative estimate of drug-likeness (QED) is 0.718. The molecular weight excluding hydrogens is 383 g/mol. The van der Waals surface area contributed by atoms with Crippen LogP contribution in [0.5, 0.6) is 0 Å². The lowest BCUT2D eigenvalue weighted by molar-refractivity contribution is -0.138. The van der Waals surface area contributed by atoms with Crippen molar-refractivity contribution in [3.8, 4) is 11.4 Å². The van der Waals surface area contributed by atoms with Crippen LogP contribution in [-0.2, 0) is 11.0 Å². The highest BCUT2D eigenvalue weighted by Gasteiger charge is 2.54. The summed E-state index contributed by atoms with van der Waals surface area (Å²) in [5.41, 5.74) is -0.259. The molecule has 4 rings (SSSR count). The highest BCUT2D eigenvalue weighted by atomic mass is 19.4. The van der Waals surface area contributed by atoms with E-state index in [1.54, 1.807) is 0 Å². The number of carbonyl (C=O) groups is 1. The number of rotatable bonds is 5. The zero-order valence-corrected chi connectivity index (χ0v) is 16.4. The summed E-state index contributed by atoms with van der Waals surface area (Å²) in [6, 6.07) is 4.71. The molecule has 1 aromatic heterocycles. The fourth-order valence-electron chi connectivity index (χ4n) is 5.04. The summed E-state index contributed by atoms with van der Waals surface area (Å²) < 4.78 is 43.8. The second-order valence-electron chi connectivity index (χ2n) is 7.93. The second kappa shape index (κ2) is 7.46. The molecule has 156 valence electrons. The molecule has 2 aromatic rings. The fourth-order valence-corrected chi connectivity index (χ4v) is 5.04. The molecule has 0 saturated heterocycles. The van der Waals surface area contributed by atoms with Gasteiger partial charge in [0.05, 0.1) is 17.4 Å². The van der Waals surface area contributed by atoms with Gasteiger partial charge in [-0.3, -0.25) is 4.79 Å². The van der Waals surface area contributed by atoms with Crippen LogP contribution in [0.3, 0.4) is 0 Å². The molecule has 2 aliphatic rings. The van der Waals surface area contributed by atoms with Gasteiger partial charge in [0.25, 0.3) is 0 Å². The molecule has 2 saturated carbocycles. The first-order chi connectivity index (χ1) is 13.8. The first kappa shape index (κ1) is 19.9. The van der Waals surface area contributed by atoms with Gasteiger partial charge in [0.1, 0.15) is 0 Å². The van der Waals surface area contributed by atoms with Crippen molar-refractivity contribution in [2.75, 3.05) is 13.1 Å². The first-order valence-corrected chi connectivity index (χ1v) is 10.1. The Labute approximate surface area is 167 Å². The molecule has 1 amide bonds. The Kier molecular flexibility index (Phi) is 5.12. The first-order valence-electron chi connectivity index (χ1n) is 10.1. The van der Waals surface area contributed by atoms with Crippen LogP contribution < -0.4 is 0 Å². The Morgan fingerprint density at radius 1 is 1.14 bits per heavy atom. The van der Waals surface area contributed by atoms with Crippen LogP contribution in [-0.4, -0.2) is 34.0 Å². The van der Waals surface area contributed by atoms with Crippen molar-refractivity contribution in [2.45, 2.75) is 45.2 Å². The number of amides is 1. The Morgan fingerprint density at radius 3 is 2.41 bits per heavy atom. The number of benzene rings is 1. The second-order valence-corrected chi connectivity index (χ2v) is 7.93. The van der Waals surface area contributed by atoms with Crippen molar-refractivity contribution < 1.29 is 22.5 Å². The van der Waals surface area contributed by atoms with E-state index in [1.165, 1.54) is 12.1 Å². The third-order valence-electron chi connectivity index (χ3n) is 6.47. The van der Waals surface area contributed by atoms with E-state index < -0.39 is 11.7 Å². The molecule has 1 aromatic carbocycles. The Hall–Kier alpha value is -2.38. The van der Waals surface area contributed by atoms with Crippen molar-refractivity contribution in [3.05, 3.63) is 35.7 Å². The van der Waals surface area contributed by atoms with Crippen molar-refractivity contribution in [2.24, 2.45) is 17.8 Å². The van der Waals surface area contributed by atoms with Gasteiger partial charge in [0, 0.05) is 18.7 Å². The average Bonchev–Trinajstić information content (AvgIpc) is 3.43. The minimum atomic E-state index is -4.39. The molecule has 0 radical (unpaired) electrons. The molecule has 0 aliphatic heterocycles. The van der Waals surface area contributed by atoms with Crippen LogP contribution in [0.1, 0.15) is 50.5 Å². The maximum Gasteiger partial charge on any atom is 0.416 e. The van der Waals surface area contributed by atoms with Crippen LogP contribution in [0, 0.1) is 17.8 Å². The smallest absolute Gasteiger partial charge is 0.343 e. The van der Waals surface area contributed by atoms with Gasteiger partial charge in [-0.05, 0) is 57.1 Å². The van der Waals surface area contributed by atoms with Gasteiger partial charge in [-0.15, -0.1) is 0 Å². The molecule has 2 aliphatic carbocycles. The molecule has 2 bridgehead atoms. The standard InChI is InChI=1S/C21H24F3N3O2/c1-3-27(4-2)20(28)17-14-6-5-13(11-14)16(17)19-25-18(26-29-19)12-7-9-15(10-8-12)21(22,23)24/h7-10,13-14,16-17H,3-6,11H2,1-2H3/t13-,14+,16+,17+/m1/s1. The number of aromatic nitrogens is 2. The van der Waals surface area contributed by atoms with Crippen LogP contribution in [0.4, 0.5) is 13.2 Å². The molecule has 8 heteroatoms. The molecule has 2 fully saturated rings. The van der Waals surface area contributed by atoms with E-state index in [0.717, 1.165) is 31.4 Å². The van der Waals surface area contributed by atoms with Gasteiger partial charge in [-0.1, -0.05) is 17.3 Å². The predicted molar refractivity (Wildman–Crippen MR) is 99.7 cm³/mol. The van der Waals surface area contributed by atoms with E-state index in [-0.39, 0.29) is 23.6 Å². The molecule has 0 N–H and O–H groups in total. The number of nitrogens with zero attached hydrogens (tertiary/aromatic N) is 3. The van der Waals surface area contributed by atoms with Gasteiger partial charge < -0.3 is 9.42 Å². The summed E-state index contributed by atoms with van der Waals surface area (Å²) in [4.78, 5) is 19.5. The molecule has 0 unspecified atom stereocenters. The number of hydrogen-bond donors (Lipinski definition) is 0. The van der Waals surface area contributed by atoms with Gasteiger partial charge in [-0.25, -0.2) is 0 Å². The third-order valence-corrected chi connectivity index (χ3v) is 6.47. The van der Waals surface area contributed by atoms with E-state index in [4.69, 9.17) is 4.52 Å². The van der Waals surface area contributed by atoms with E-state index in [0.29, 0.717) is 36.4 Å². The summed E-state index contributed by atoms with van der Waals surface area (Å²) in [5, 5.41) is 3.99. The maximum absolute atomic E-state index is 13.1. The molecule has 4 atom stereocenters. The van der Waals surface area contributed by atoms with E-state index in [2.05, 4.69) is 10.1 Å². The largest absolute Gasteiger partial charge is 0.416 e. The van der Waals surface area contributed by atoms with Crippen LogP contribution in [0.2, 0.25) is 0 Å². The monoisotopic (exact) mass is 407 g/mol. The SMILES string of the molecule is CCN(CC)C(=O)[C@H]1[C@H]2CC[C@H](C2)[C@@H]1c1nc(-c2ccc(C(F)(F)F)cc2)no1. The van der Waals surface area contributed by atoms with Gasteiger partial charge in [0.2, 0.25) is 17.6 Å². The zero-order chi connectivity index (χ0) is 20.8. The minimum absolute atomic E-state index is 0.113. The highest BCUT2D eigenvalue weighted by Crippen LogP contribution is 2.57. The lowest BCUT2D eigenvalue weighted by Gasteiger charge is -2.31. The molecule has 29 heavy (non-hydrogen) atoms. The fraction of sp³-hybridized carbons (Fsp3) is 0.571. The Morgan fingerprint density at radius 2 is 1.79 bits per heavy atom. The van der Waals surface area contributed by atoms with Crippen molar-refractivity contribution in [1.82, 2.24) is 15.0 Å². The van der Waals surface area contributed by atoms with Gasteiger partial charge in [0.15, 0.2) is 0 Å². The highest BCUT2D eigenvalue weighted by molar-refractivity contribution is 5.80. The van der Waals surface area contributed by atoms with Crippen LogP contribution in [0.15, 0.2) is 28.8 Å². The van der Waals surface area contributed by atoms with E-state index in [9.17, 15) is 18.0 Å². The van der Waals surface area contributed by atoms with Gasteiger partial charge >= 0.3 is 6.18 Å². The molecule has 1 heterocycles. The van der Waals surface area contributed by atoms with Crippen LogP contribution in [0.25, 0.3) is 11.4 Å². The molecule has 5 nitrogen and oxygen atoms in total. The zero-order valence-electron chi connectivity index (χ0n) is 16.4. The summed E-state index contributed by atoms with van der Waals surface area (Å²) >= 11 is 0. The lowest BCUT2D eigenvalue weighted by atomic mass is 9.78. The topological polar surface area (TPSA) is 59.2 Å². The normalized spacial score (nSPS) is 26.1. The summed E-state index contributed by atoms with van der Waals surface area (Å²) in [6.07, 6.45) is -1.32. The van der Waals surface area contributed by atoms with Crippen molar-refractivity contribution in [1.29, 1.82) is 0 Å². The van der Waals surface area contributed by atoms with Crippen LogP contribution >= 0.6 is 0 Å². The number of fused-ring (bicyclic) bond motifs is 2. The third kappa shape index (κ3) is 3.53. The molecule has 0 spiro atoms. The maximum atomic E-state index is 13.1. The van der Waals surface area contributed by atoms with E-state index >= 15 is 0 Å². The minimum Gasteiger partial charge on any atom is -0.343 e. The summed E-state index contributed by atoms with van der Waals surface area (Å²) in [6.45, 7) is 5.27. The van der Waals surface area contributed by atoms with Crippen molar-refractivity contribution >= 4 is 5.91 Å². The number of alkyl halides is 3. The van der Waals surface area contributed by atoms with Gasteiger partial charge in [-0.2, -0.15) is 18.2 Å². The average molecular weight is 407 g/mol. The molecular formula is C21H24F3N3O2. The Balaban J connectivity index is 1.60. The lowest BCUT2D eigenvalue weighted by Crippen LogP contribution is -2.40. The number of hydrogen-bond acceptors (Lipinski definition) is 4. The van der Waals surface area contributed by atoms with E-state index in [1.807, 2.05) is 18.7 Å². The predicted octanol–water partition coefficient (Wildman–Crippen LogP) is 4.75. The number of carbonyl (C=O) groups excluding carboxylic acids is 1. The van der Waals surface area contributed by atoms with Crippen molar-refractivity contribution in [3.63, 3.8) is 0 Å². The summed E-state index contributed by atoms with van der Waals surface area (Å²) in [7, 11) is 0. The Bertz CT molecular complexity index is 874.